The second-order valence-electron chi connectivity index (χ2n) is 4.95. The fourth-order valence-corrected chi connectivity index (χ4v) is 2.99. The number of hydrogen-bond donors (Lipinski definition) is 2. The topological polar surface area (TPSA) is 50.4 Å². The summed E-state index contributed by atoms with van der Waals surface area (Å²) in [5, 5.41) is 6.53. The highest BCUT2D eigenvalue weighted by Crippen LogP contribution is 2.34. The highest BCUT2D eigenvalue weighted by molar-refractivity contribution is 5.73. The number of rotatable bonds is 2. The normalized spacial score (nSPS) is 25.6. The maximum Gasteiger partial charge on any atom is 0.217 e. The molecule has 3 rings (SSSR count). The number of benzene rings is 1. The molecule has 0 aromatic heterocycles. The first-order valence-corrected chi connectivity index (χ1v) is 6.51. The average molecular weight is 246 g/mol. The fraction of sp³-hybridized carbons (Fsp3) is 0.500. The van der Waals surface area contributed by atoms with Crippen LogP contribution in [0.2, 0.25) is 0 Å². The Balaban J connectivity index is 1.90. The average Bonchev–Trinajstić information content (AvgIpc) is 2.95. The Bertz CT molecular complexity index is 473. The fourth-order valence-electron chi connectivity index (χ4n) is 2.99. The number of ether oxygens (including phenoxy) is 1. The summed E-state index contributed by atoms with van der Waals surface area (Å²) in [6.07, 6.45) is 1.95. The van der Waals surface area contributed by atoms with Gasteiger partial charge in [-0.3, -0.25) is 4.79 Å². The summed E-state index contributed by atoms with van der Waals surface area (Å²) in [7, 11) is 0. The van der Waals surface area contributed by atoms with Gasteiger partial charge in [0.1, 0.15) is 5.75 Å². The van der Waals surface area contributed by atoms with Crippen molar-refractivity contribution in [3.8, 4) is 5.75 Å². The van der Waals surface area contributed by atoms with Crippen molar-refractivity contribution in [1.82, 2.24) is 10.6 Å². The van der Waals surface area contributed by atoms with Gasteiger partial charge in [0, 0.05) is 24.9 Å². The van der Waals surface area contributed by atoms with Crippen LogP contribution in [0.4, 0.5) is 0 Å². The van der Waals surface area contributed by atoms with Gasteiger partial charge in [0.25, 0.3) is 0 Å². The molecule has 2 atom stereocenters. The number of nitrogens with one attached hydrogen (secondary N) is 2. The van der Waals surface area contributed by atoms with Gasteiger partial charge in [-0.1, -0.05) is 12.1 Å². The Morgan fingerprint density at radius 2 is 2.39 bits per heavy atom. The predicted octanol–water partition coefficient (Wildman–Crippen LogP) is 1.16. The Hall–Kier alpha value is -1.55. The third-order valence-corrected chi connectivity index (χ3v) is 3.72. The zero-order valence-corrected chi connectivity index (χ0v) is 10.5. The minimum absolute atomic E-state index is 0.0394. The highest BCUT2D eigenvalue weighted by atomic mass is 16.5. The first-order chi connectivity index (χ1) is 8.75. The van der Waals surface area contributed by atoms with Gasteiger partial charge in [-0.15, -0.1) is 0 Å². The van der Waals surface area contributed by atoms with E-state index in [4.69, 9.17) is 4.74 Å². The summed E-state index contributed by atoms with van der Waals surface area (Å²) in [5.41, 5.74) is 2.58. The Labute approximate surface area is 107 Å². The van der Waals surface area contributed by atoms with Crippen LogP contribution in [-0.4, -0.2) is 25.1 Å². The summed E-state index contributed by atoms with van der Waals surface area (Å²) in [5.74, 6) is 1.04. The molecule has 1 saturated heterocycles. The van der Waals surface area contributed by atoms with E-state index >= 15 is 0 Å². The van der Waals surface area contributed by atoms with Crippen LogP contribution < -0.4 is 15.4 Å². The monoisotopic (exact) mass is 246 g/mol. The molecule has 2 heterocycles. The molecule has 1 amide bonds. The molecule has 0 radical (unpaired) electrons. The molecule has 4 heteroatoms. The van der Waals surface area contributed by atoms with Gasteiger partial charge in [-0.2, -0.15) is 0 Å². The molecule has 0 aliphatic carbocycles. The van der Waals surface area contributed by atoms with Gasteiger partial charge in [0.2, 0.25) is 5.91 Å². The van der Waals surface area contributed by atoms with E-state index < -0.39 is 0 Å². The standard InChI is InChI=1S/C14H18N2O2/c1-9(17)16-12-5-7-15-14(12)11-3-2-4-13-10(11)6-8-18-13/h2-4,12,14-15H,5-8H2,1H3,(H,16,17)/t12-,14-/m0/s1. The molecule has 2 aliphatic heterocycles. The number of carbonyl (C=O) groups excluding carboxylic acids is 1. The van der Waals surface area contributed by atoms with Gasteiger partial charge >= 0.3 is 0 Å². The lowest BCUT2D eigenvalue weighted by atomic mass is 9.94. The first-order valence-electron chi connectivity index (χ1n) is 6.51. The minimum Gasteiger partial charge on any atom is -0.493 e. The van der Waals surface area contributed by atoms with Crippen LogP contribution in [0.15, 0.2) is 18.2 Å². The van der Waals surface area contributed by atoms with E-state index in [1.54, 1.807) is 6.92 Å². The largest absolute Gasteiger partial charge is 0.493 e. The van der Waals surface area contributed by atoms with E-state index in [9.17, 15) is 4.79 Å². The lowest BCUT2D eigenvalue weighted by molar-refractivity contribution is -0.119. The molecule has 1 aromatic carbocycles. The molecule has 1 fully saturated rings. The summed E-state index contributed by atoms with van der Waals surface area (Å²) in [6, 6.07) is 6.60. The lowest BCUT2D eigenvalue weighted by Gasteiger charge is -2.22. The number of fused-ring (bicyclic) bond motifs is 1. The molecule has 0 saturated carbocycles. The molecule has 0 unspecified atom stereocenters. The smallest absolute Gasteiger partial charge is 0.217 e. The molecule has 2 aliphatic rings. The lowest BCUT2D eigenvalue weighted by Crippen LogP contribution is -2.37. The molecule has 2 N–H and O–H groups in total. The van der Waals surface area contributed by atoms with Crippen LogP contribution in [0.5, 0.6) is 5.75 Å². The summed E-state index contributed by atoms with van der Waals surface area (Å²) in [4.78, 5) is 11.2. The number of amides is 1. The molecule has 0 spiro atoms. The van der Waals surface area contributed by atoms with Crippen molar-refractivity contribution in [1.29, 1.82) is 0 Å². The first kappa shape index (κ1) is 11.5. The third kappa shape index (κ3) is 1.97. The Kier molecular flexibility index (Phi) is 2.96. The van der Waals surface area contributed by atoms with Gasteiger partial charge in [-0.05, 0) is 24.6 Å². The van der Waals surface area contributed by atoms with Crippen LogP contribution >= 0.6 is 0 Å². The number of carbonyl (C=O) groups is 1. The van der Waals surface area contributed by atoms with Crippen molar-refractivity contribution < 1.29 is 9.53 Å². The second-order valence-corrected chi connectivity index (χ2v) is 4.95. The maximum atomic E-state index is 11.2. The van der Waals surface area contributed by atoms with Gasteiger partial charge in [0.15, 0.2) is 0 Å². The van der Waals surface area contributed by atoms with E-state index in [-0.39, 0.29) is 18.0 Å². The summed E-state index contributed by atoms with van der Waals surface area (Å²) in [6.45, 7) is 3.29. The quantitative estimate of drug-likeness (QED) is 0.823. The SMILES string of the molecule is CC(=O)N[C@H]1CCN[C@H]1c1cccc2c1CCO2. The molecule has 18 heavy (non-hydrogen) atoms. The molecule has 0 bridgehead atoms. The highest BCUT2D eigenvalue weighted by Gasteiger charge is 2.31. The summed E-state index contributed by atoms with van der Waals surface area (Å²) < 4.78 is 5.60. The van der Waals surface area contributed by atoms with Gasteiger partial charge < -0.3 is 15.4 Å². The Morgan fingerprint density at radius 3 is 3.22 bits per heavy atom. The zero-order valence-electron chi connectivity index (χ0n) is 10.5. The van der Waals surface area contributed by atoms with Crippen molar-refractivity contribution >= 4 is 5.91 Å². The third-order valence-electron chi connectivity index (χ3n) is 3.72. The second kappa shape index (κ2) is 4.61. The summed E-state index contributed by atoms with van der Waals surface area (Å²) >= 11 is 0. The van der Waals surface area contributed by atoms with E-state index in [1.165, 1.54) is 11.1 Å². The zero-order chi connectivity index (χ0) is 12.5. The molecular formula is C14H18N2O2. The van der Waals surface area contributed by atoms with E-state index in [2.05, 4.69) is 16.7 Å². The van der Waals surface area contributed by atoms with Crippen LogP contribution in [0.1, 0.15) is 30.5 Å². The van der Waals surface area contributed by atoms with E-state index in [0.717, 1.165) is 31.7 Å². The van der Waals surface area contributed by atoms with Crippen molar-refractivity contribution in [3.63, 3.8) is 0 Å². The molecule has 4 nitrogen and oxygen atoms in total. The molecule has 96 valence electrons. The number of hydrogen-bond acceptors (Lipinski definition) is 3. The van der Waals surface area contributed by atoms with Gasteiger partial charge in [0.05, 0.1) is 12.6 Å². The van der Waals surface area contributed by atoms with Crippen molar-refractivity contribution in [2.24, 2.45) is 0 Å². The van der Waals surface area contributed by atoms with E-state index in [1.807, 2.05) is 12.1 Å². The van der Waals surface area contributed by atoms with Gasteiger partial charge in [-0.25, -0.2) is 0 Å². The Morgan fingerprint density at radius 1 is 1.50 bits per heavy atom. The predicted molar refractivity (Wildman–Crippen MR) is 68.6 cm³/mol. The van der Waals surface area contributed by atoms with Crippen LogP contribution in [-0.2, 0) is 11.2 Å². The van der Waals surface area contributed by atoms with Crippen LogP contribution in [0, 0.1) is 0 Å². The van der Waals surface area contributed by atoms with E-state index in [0.29, 0.717) is 0 Å². The molecule has 1 aromatic rings. The van der Waals surface area contributed by atoms with Crippen molar-refractivity contribution in [3.05, 3.63) is 29.3 Å². The van der Waals surface area contributed by atoms with Crippen molar-refractivity contribution in [2.45, 2.75) is 31.8 Å². The molecular weight excluding hydrogens is 228 g/mol. The maximum absolute atomic E-state index is 11.2. The van der Waals surface area contributed by atoms with Crippen LogP contribution in [0.3, 0.4) is 0 Å². The van der Waals surface area contributed by atoms with Crippen molar-refractivity contribution in [2.75, 3.05) is 13.2 Å². The van der Waals surface area contributed by atoms with Crippen LogP contribution in [0.25, 0.3) is 0 Å². The minimum atomic E-state index is 0.0394.